The van der Waals surface area contributed by atoms with Crippen molar-refractivity contribution >= 4 is 29.0 Å². The van der Waals surface area contributed by atoms with E-state index in [1.165, 1.54) is 36.8 Å². The molecule has 0 spiro atoms. The van der Waals surface area contributed by atoms with Gasteiger partial charge in [-0.15, -0.1) is 0 Å². The SMILES string of the molecule is CC(=O)N(CCC(=O)Nc1ccc(N2CCCCC2)cc1)c1cc(C)on1. The molecule has 0 aliphatic carbocycles. The third kappa shape index (κ3) is 5.09. The van der Waals surface area contributed by atoms with Crippen LogP contribution < -0.4 is 15.1 Å². The first-order valence-electron chi connectivity index (χ1n) is 9.39. The fraction of sp³-hybridized carbons (Fsp3) is 0.450. The summed E-state index contributed by atoms with van der Waals surface area (Å²) in [6.07, 6.45) is 3.95. The largest absolute Gasteiger partial charge is 0.372 e. The van der Waals surface area contributed by atoms with Crippen molar-refractivity contribution < 1.29 is 14.1 Å². The second kappa shape index (κ2) is 8.70. The van der Waals surface area contributed by atoms with E-state index in [1.807, 2.05) is 24.3 Å². The molecule has 0 unspecified atom stereocenters. The highest BCUT2D eigenvalue weighted by Gasteiger charge is 2.17. The standard InChI is InChI=1S/C20H26N4O3/c1-15-14-19(22-27-15)24(16(2)25)13-10-20(26)21-17-6-8-18(9-7-17)23-11-4-3-5-12-23/h6-9,14H,3-5,10-13H2,1-2H3,(H,21,26). The van der Waals surface area contributed by atoms with Crippen LogP contribution in [-0.2, 0) is 9.59 Å². The van der Waals surface area contributed by atoms with E-state index in [1.54, 1.807) is 13.0 Å². The lowest BCUT2D eigenvalue weighted by Gasteiger charge is -2.28. The zero-order chi connectivity index (χ0) is 19.2. The van der Waals surface area contributed by atoms with Gasteiger partial charge in [-0.05, 0) is 50.5 Å². The fourth-order valence-corrected chi connectivity index (χ4v) is 3.26. The van der Waals surface area contributed by atoms with Crippen molar-refractivity contribution in [1.82, 2.24) is 5.16 Å². The Balaban J connectivity index is 1.53. The van der Waals surface area contributed by atoms with E-state index in [0.29, 0.717) is 11.6 Å². The van der Waals surface area contributed by atoms with Gasteiger partial charge < -0.3 is 14.7 Å². The molecule has 2 heterocycles. The molecule has 1 aliphatic rings. The van der Waals surface area contributed by atoms with Gasteiger partial charge in [0, 0.05) is 50.4 Å². The van der Waals surface area contributed by atoms with Crippen molar-refractivity contribution in [3.8, 4) is 0 Å². The monoisotopic (exact) mass is 370 g/mol. The number of amides is 2. The van der Waals surface area contributed by atoms with Crippen molar-refractivity contribution in [1.29, 1.82) is 0 Å². The number of carbonyl (C=O) groups is 2. The molecule has 0 saturated carbocycles. The maximum Gasteiger partial charge on any atom is 0.226 e. The fourth-order valence-electron chi connectivity index (χ4n) is 3.26. The van der Waals surface area contributed by atoms with Crippen LogP contribution in [0.4, 0.5) is 17.2 Å². The molecular formula is C20H26N4O3. The maximum absolute atomic E-state index is 12.3. The van der Waals surface area contributed by atoms with Gasteiger partial charge >= 0.3 is 0 Å². The third-order valence-corrected chi connectivity index (χ3v) is 4.71. The van der Waals surface area contributed by atoms with Crippen molar-refractivity contribution in [3.05, 3.63) is 36.1 Å². The molecule has 1 saturated heterocycles. The Kier molecular flexibility index (Phi) is 6.11. The molecule has 2 aromatic rings. The molecule has 1 fully saturated rings. The van der Waals surface area contributed by atoms with E-state index >= 15 is 0 Å². The van der Waals surface area contributed by atoms with Crippen LogP contribution in [0, 0.1) is 6.92 Å². The summed E-state index contributed by atoms with van der Waals surface area (Å²) >= 11 is 0. The quantitative estimate of drug-likeness (QED) is 0.843. The molecule has 1 aromatic heterocycles. The van der Waals surface area contributed by atoms with E-state index in [2.05, 4.69) is 15.4 Å². The highest BCUT2D eigenvalue weighted by atomic mass is 16.5. The normalized spacial score (nSPS) is 14.1. The summed E-state index contributed by atoms with van der Waals surface area (Å²) < 4.78 is 5.01. The van der Waals surface area contributed by atoms with Crippen LogP contribution in [0.2, 0.25) is 0 Å². The van der Waals surface area contributed by atoms with Crippen LogP contribution in [0.3, 0.4) is 0 Å². The van der Waals surface area contributed by atoms with Gasteiger partial charge in [-0.2, -0.15) is 0 Å². The summed E-state index contributed by atoms with van der Waals surface area (Å²) in [5.74, 6) is 0.724. The lowest BCUT2D eigenvalue weighted by molar-refractivity contribution is -0.117. The number of nitrogens with zero attached hydrogens (tertiary/aromatic N) is 3. The first-order chi connectivity index (χ1) is 13.0. The number of nitrogens with one attached hydrogen (secondary N) is 1. The number of carbonyl (C=O) groups excluding carboxylic acids is 2. The van der Waals surface area contributed by atoms with Gasteiger partial charge in [0.25, 0.3) is 0 Å². The number of aromatic nitrogens is 1. The Morgan fingerprint density at radius 2 is 1.89 bits per heavy atom. The molecule has 27 heavy (non-hydrogen) atoms. The molecule has 1 aliphatic heterocycles. The molecule has 0 atom stereocenters. The summed E-state index contributed by atoms with van der Waals surface area (Å²) in [6.45, 7) is 5.64. The second-order valence-corrected chi connectivity index (χ2v) is 6.86. The molecule has 1 N–H and O–H groups in total. The van der Waals surface area contributed by atoms with Crippen LogP contribution in [0.25, 0.3) is 0 Å². The van der Waals surface area contributed by atoms with Crippen molar-refractivity contribution in [2.24, 2.45) is 0 Å². The predicted octanol–water partition coefficient (Wildman–Crippen LogP) is 3.36. The number of anilines is 3. The van der Waals surface area contributed by atoms with Gasteiger partial charge in [0.15, 0.2) is 5.82 Å². The lowest BCUT2D eigenvalue weighted by atomic mass is 10.1. The molecule has 0 radical (unpaired) electrons. The van der Waals surface area contributed by atoms with Crippen LogP contribution in [0.15, 0.2) is 34.9 Å². The molecule has 0 bridgehead atoms. The average Bonchev–Trinajstić information content (AvgIpc) is 3.09. The number of benzene rings is 1. The Bertz CT molecular complexity index is 779. The number of hydrogen-bond acceptors (Lipinski definition) is 5. The Morgan fingerprint density at radius 3 is 2.48 bits per heavy atom. The molecule has 7 nitrogen and oxygen atoms in total. The van der Waals surface area contributed by atoms with Crippen molar-refractivity contribution in [2.45, 2.75) is 39.5 Å². The Morgan fingerprint density at radius 1 is 1.19 bits per heavy atom. The smallest absolute Gasteiger partial charge is 0.226 e. The van der Waals surface area contributed by atoms with Gasteiger partial charge in [0.05, 0.1) is 0 Å². The predicted molar refractivity (Wildman–Crippen MR) is 105 cm³/mol. The topological polar surface area (TPSA) is 78.7 Å². The zero-order valence-electron chi connectivity index (χ0n) is 15.9. The number of piperidine rings is 1. The number of aryl methyl sites for hydroxylation is 1. The Labute approximate surface area is 159 Å². The van der Waals surface area contributed by atoms with E-state index in [0.717, 1.165) is 18.8 Å². The minimum atomic E-state index is -0.179. The highest BCUT2D eigenvalue weighted by Crippen LogP contribution is 2.22. The van der Waals surface area contributed by atoms with Crippen molar-refractivity contribution in [3.63, 3.8) is 0 Å². The average molecular weight is 370 g/mol. The minimum absolute atomic E-state index is 0.146. The lowest BCUT2D eigenvalue weighted by Crippen LogP contribution is -2.32. The van der Waals surface area contributed by atoms with Crippen LogP contribution >= 0.6 is 0 Å². The molecule has 2 amide bonds. The van der Waals surface area contributed by atoms with E-state index < -0.39 is 0 Å². The van der Waals surface area contributed by atoms with E-state index in [-0.39, 0.29) is 24.8 Å². The molecule has 7 heteroatoms. The first-order valence-corrected chi connectivity index (χ1v) is 9.39. The van der Waals surface area contributed by atoms with Gasteiger partial charge in [-0.1, -0.05) is 5.16 Å². The van der Waals surface area contributed by atoms with Gasteiger partial charge in [0.2, 0.25) is 11.8 Å². The summed E-state index contributed by atoms with van der Waals surface area (Å²) in [7, 11) is 0. The third-order valence-electron chi connectivity index (χ3n) is 4.71. The van der Waals surface area contributed by atoms with Crippen LogP contribution in [-0.4, -0.2) is 36.6 Å². The van der Waals surface area contributed by atoms with Gasteiger partial charge in [-0.25, -0.2) is 0 Å². The molecule has 3 rings (SSSR count). The van der Waals surface area contributed by atoms with Crippen LogP contribution in [0.5, 0.6) is 0 Å². The summed E-state index contributed by atoms with van der Waals surface area (Å²) in [5.41, 5.74) is 1.95. The molecular weight excluding hydrogens is 344 g/mol. The van der Waals surface area contributed by atoms with Gasteiger partial charge in [-0.3, -0.25) is 14.5 Å². The first kappa shape index (κ1) is 18.9. The zero-order valence-corrected chi connectivity index (χ0v) is 15.9. The van der Waals surface area contributed by atoms with Crippen molar-refractivity contribution in [2.75, 3.05) is 34.8 Å². The van der Waals surface area contributed by atoms with Crippen LogP contribution in [0.1, 0.15) is 38.4 Å². The number of hydrogen-bond donors (Lipinski definition) is 1. The molecule has 1 aromatic carbocycles. The van der Waals surface area contributed by atoms with Gasteiger partial charge in [0.1, 0.15) is 5.76 Å². The summed E-state index contributed by atoms with van der Waals surface area (Å²) in [6, 6.07) is 9.61. The second-order valence-electron chi connectivity index (χ2n) is 6.86. The minimum Gasteiger partial charge on any atom is -0.372 e. The summed E-state index contributed by atoms with van der Waals surface area (Å²) in [5, 5.41) is 6.73. The van der Waals surface area contributed by atoms with E-state index in [4.69, 9.17) is 4.52 Å². The Hall–Kier alpha value is -2.83. The highest BCUT2D eigenvalue weighted by molar-refractivity contribution is 5.94. The summed E-state index contributed by atoms with van der Waals surface area (Å²) in [4.78, 5) is 27.9. The maximum atomic E-state index is 12.3. The molecule has 144 valence electrons. The van der Waals surface area contributed by atoms with E-state index in [9.17, 15) is 9.59 Å². The number of rotatable bonds is 6.